The van der Waals surface area contributed by atoms with Crippen LogP contribution >= 0.6 is 0 Å². The molecule has 0 radical (unpaired) electrons. The second-order valence-electron chi connectivity index (χ2n) is 4.25. The number of aliphatic hydroxyl groups is 1. The van der Waals surface area contributed by atoms with Gasteiger partial charge in [0.25, 0.3) is 0 Å². The lowest BCUT2D eigenvalue weighted by Gasteiger charge is -2.12. The van der Waals surface area contributed by atoms with Gasteiger partial charge in [-0.3, -0.25) is 4.79 Å². The van der Waals surface area contributed by atoms with Gasteiger partial charge in [-0.1, -0.05) is 12.1 Å². The van der Waals surface area contributed by atoms with Crippen molar-refractivity contribution in [2.24, 2.45) is 0 Å². The topological polar surface area (TPSA) is 40.5 Å². The zero-order valence-electron chi connectivity index (χ0n) is 10.2. The summed E-state index contributed by atoms with van der Waals surface area (Å²) in [6.45, 7) is 0. The molecule has 1 aromatic carbocycles. The van der Waals surface area contributed by atoms with Crippen LogP contribution in [-0.4, -0.2) is 30.0 Å². The first-order valence-electron chi connectivity index (χ1n) is 5.64. The van der Waals surface area contributed by atoms with Gasteiger partial charge < -0.3 is 10.0 Å². The normalized spacial score (nSPS) is 12.2. The van der Waals surface area contributed by atoms with E-state index in [0.717, 1.165) is 0 Å². The van der Waals surface area contributed by atoms with Crippen LogP contribution in [0.5, 0.6) is 0 Å². The predicted octanol–water partition coefficient (Wildman–Crippen LogP) is 2.12. The van der Waals surface area contributed by atoms with Crippen LogP contribution in [0, 0.1) is 5.82 Å². The van der Waals surface area contributed by atoms with Crippen molar-refractivity contribution < 1.29 is 14.3 Å². The molecule has 0 aliphatic carbocycles. The van der Waals surface area contributed by atoms with E-state index in [4.69, 9.17) is 0 Å². The number of nitrogens with zero attached hydrogens (tertiary/aromatic N) is 1. The lowest BCUT2D eigenvalue weighted by molar-refractivity contribution is -0.128. The maximum Gasteiger partial charge on any atom is 0.222 e. The Balaban J connectivity index is 2.37. The molecule has 0 heterocycles. The molecule has 0 fully saturated rings. The van der Waals surface area contributed by atoms with Gasteiger partial charge in [-0.25, -0.2) is 4.39 Å². The van der Waals surface area contributed by atoms with Crippen LogP contribution in [0.25, 0.3) is 0 Å². The molecule has 1 amide bonds. The van der Waals surface area contributed by atoms with Crippen molar-refractivity contribution in [1.82, 2.24) is 4.90 Å². The third kappa shape index (κ3) is 4.53. The van der Waals surface area contributed by atoms with E-state index in [9.17, 15) is 14.3 Å². The van der Waals surface area contributed by atoms with Gasteiger partial charge in [0.15, 0.2) is 0 Å². The Morgan fingerprint density at radius 3 is 2.47 bits per heavy atom. The fourth-order valence-electron chi connectivity index (χ4n) is 1.52. The first-order chi connectivity index (χ1) is 8.00. The maximum absolute atomic E-state index is 12.7. The predicted molar refractivity (Wildman–Crippen MR) is 63.9 cm³/mol. The number of hydrogen-bond donors (Lipinski definition) is 1. The van der Waals surface area contributed by atoms with Crippen LogP contribution in [0.1, 0.15) is 30.9 Å². The fraction of sp³-hybridized carbons (Fsp3) is 0.462. The minimum absolute atomic E-state index is 0.0521. The highest BCUT2D eigenvalue weighted by molar-refractivity contribution is 5.75. The quantitative estimate of drug-likeness (QED) is 0.855. The lowest BCUT2D eigenvalue weighted by Crippen LogP contribution is -2.21. The Morgan fingerprint density at radius 1 is 1.35 bits per heavy atom. The lowest BCUT2D eigenvalue weighted by atomic mass is 10.0. The molecule has 0 saturated heterocycles. The summed E-state index contributed by atoms with van der Waals surface area (Å²) in [5.41, 5.74) is 0.684. The van der Waals surface area contributed by atoms with Gasteiger partial charge in [-0.2, -0.15) is 0 Å². The minimum atomic E-state index is -0.634. The van der Waals surface area contributed by atoms with Crippen LogP contribution in [-0.2, 0) is 4.79 Å². The summed E-state index contributed by atoms with van der Waals surface area (Å²) in [6.07, 6.45) is 0.914. The summed E-state index contributed by atoms with van der Waals surface area (Å²) < 4.78 is 12.7. The number of aliphatic hydroxyl groups excluding tert-OH is 1. The molecule has 1 rings (SSSR count). The molecule has 1 atom stereocenters. The molecule has 1 N–H and O–H groups in total. The number of carbonyl (C=O) groups excluding carboxylic acids is 1. The first-order valence-corrected chi connectivity index (χ1v) is 5.64. The monoisotopic (exact) mass is 239 g/mol. The van der Waals surface area contributed by atoms with E-state index >= 15 is 0 Å². The summed E-state index contributed by atoms with van der Waals surface area (Å²) in [6, 6.07) is 5.77. The Morgan fingerprint density at radius 2 is 1.94 bits per heavy atom. The molecule has 0 aliphatic rings. The number of halogens is 1. The molecule has 1 aromatic rings. The van der Waals surface area contributed by atoms with Crippen LogP contribution in [0.15, 0.2) is 24.3 Å². The Kier molecular flexibility index (Phi) is 5.10. The summed E-state index contributed by atoms with van der Waals surface area (Å²) >= 11 is 0. The maximum atomic E-state index is 12.7. The third-order valence-electron chi connectivity index (χ3n) is 2.62. The molecule has 1 unspecified atom stereocenters. The average molecular weight is 239 g/mol. The molecule has 3 nitrogen and oxygen atoms in total. The van der Waals surface area contributed by atoms with Crippen molar-refractivity contribution in [2.45, 2.75) is 25.4 Å². The third-order valence-corrected chi connectivity index (χ3v) is 2.62. The second kappa shape index (κ2) is 6.35. The van der Waals surface area contributed by atoms with Crippen LogP contribution in [0.3, 0.4) is 0 Å². The summed E-state index contributed by atoms with van der Waals surface area (Å²) in [7, 11) is 3.41. The smallest absolute Gasteiger partial charge is 0.222 e. The molecule has 0 aliphatic heterocycles. The number of hydrogen-bond acceptors (Lipinski definition) is 2. The highest BCUT2D eigenvalue weighted by Gasteiger charge is 2.09. The van der Waals surface area contributed by atoms with Crippen LogP contribution < -0.4 is 0 Å². The van der Waals surface area contributed by atoms with Crippen molar-refractivity contribution in [1.29, 1.82) is 0 Å². The van der Waals surface area contributed by atoms with Gasteiger partial charge in [-0.05, 0) is 30.5 Å². The molecule has 4 heteroatoms. The van der Waals surface area contributed by atoms with Gasteiger partial charge in [0.05, 0.1) is 6.10 Å². The fourth-order valence-corrected chi connectivity index (χ4v) is 1.52. The van der Waals surface area contributed by atoms with Gasteiger partial charge in [0.1, 0.15) is 5.82 Å². The first kappa shape index (κ1) is 13.6. The molecular formula is C13H18FNO2. The molecule has 0 saturated carbocycles. The van der Waals surface area contributed by atoms with E-state index in [1.54, 1.807) is 26.2 Å². The molecule has 17 heavy (non-hydrogen) atoms. The van der Waals surface area contributed by atoms with E-state index < -0.39 is 6.10 Å². The molecular weight excluding hydrogens is 221 g/mol. The van der Waals surface area contributed by atoms with Gasteiger partial charge in [0.2, 0.25) is 5.91 Å². The number of benzene rings is 1. The molecule has 0 bridgehead atoms. The van der Waals surface area contributed by atoms with Crippen LogP contribution in [0.4, 0.5) is 4.39 Å². The van der Waals surface area contributed by atoms with Crippen molar-refractivity contribution in [3.63, 3.8) is 0 Å². The summed E-state index contributed by atoms with van der Waals surface area (Å²) in [4.78, 5) is 12.8. The Hall–Kier alpha value is -1.42. The minimum Gasteiger partial charge on any atom is -0.388 e. The Labute approximate surface area is 101 Å². The molecule has 0 spiro atoms. The Bertz CT molecular complexity index is 362. The van der Waals surface area contributed by atoms with E-state index in [1.807, 2.05) is 0 Å². The van der Waals surface area contributed by atoms with Crippen molar-refractivity contribution in [3.05, 3.63) is 35.6 Å². The van der Waals surface area contributed by atoms with E-state index in [1.165, 1.54) is 17.0 Å². The SMILES string of the molecule is CN(C)C(=O)CCCC(O)c1ccc(F)cc1. The zero-order chi connectivity index (χ0) is 12.8. The highest BCUT2D eigenvalue weighted by Crippen LogP contribution is 2.19. The molecule has 0 aromatic heterocycles. The van der Waals surface area contributed by atoms with E-state index in [2.05, 4.69) is 0 Å². The van der Waals surface area contributed by atoms with Crippen molar-refractivity contribution in [2.75, 3.05) is 14.1 Å². The number of carbonyl (C=O) groups is 1. The van der Waals surface area contributed by atoms with Crippen LogP contribution in [0.2, 0.25) is 0 Å². The van der Waals surface area contributed by atoms with Gasteiger partial charge >= 0.3 is 0 Å². The van der Waals surface area contributed by atoms with Gasteiger partial charge in [0, 0.05) is 20.5 Å². The van der Waals surface area contributed by atoms with Crippen molar-refractivity contribution in [3.8, 4) is 0 Å². The number of rotatable bonds is 5. The van der Waals surface area contributed by atoms with Crippen molar-refractivity contribution >= 4 is 5.91 Å². The summed E-state index contributed by atoms with van der Waals surface area (Å²) in [5, 5.41) is 9.82. The second-order valence-corrected chi connectivity index (χ2v) is 4.25. The number of amides is 1. The van der Waals surface area contributed by atoms with E-state index in [0.29, 0.717) is 24.8 Å². The average Bonchev–Trinajstić information content (AvgIpc) is 2.29. The zero-order valence-corrected chi connectivity index (χ0v) is 10.2. The summed E-state index contributed by atoms with van der Waals surface area (Å²) in [5.74, 6) is -0.264. The molecule has 94 valence electrons. The highest BCUT2D eigenvalue weighted by atomic mass is 19.1. The van der Waals surface area contributed by atoms with E-state index in [-0.39, 0.29) is 11.7 Å². The largest absolute Gasteiger partial charge is 0.388 e. The standard InChI is InChI=1S/C13H18FNO2/c1-15(2)13(17)5-3-4-12(16)10-6-8-11(14)9-7-10/h6-9,12,16H,3-5H2,1-2H3. The van der Waals surface area contributed by atoms with Gasteiger partial charge in [-0.15, -0.1) is 0 Å².